The molecule has 4 rings (SSSR count). The van der Waals surface area contributed by atoms with Gasteiger partial charge in [0.25, 0.3) is 0 Å². The molecule has 4 aromatic rings. The summed E-state index contributed by atoms with van der Waals surface area (Å²) in [6.45, 7) is 0. The van der Waals surface area contributed by atoms with Gasteiger partial charge < -0.3 is 10.1 Å². The van der Waals surface area contributed by atoms with Gasteiger partial charge in [0.05, 0.1) is 16.6 Å². The first kappa shape index (κ1) is 18.9. The Morgan fingerprint density at radius 3 is 2.21 bits per heavy atom. The number of pyridine rings is 1. The molecule has 2 heterocycles. The van der Waals surface area contributed by atoms with Gasteiger partial charge in [-0.3, -0.25) is 4.40 Å². The van der Waals surface area contributed by atoms with Crippen LogP contribution in [0.1, 0.15) is 5.56 Å². The number of benzene rings is 2. The van der Waals surface area contributed by atoms with Crippen LogP contribution in [0.4, 0.5) is 37.8 Å². The Kier molecular flexibility index (Phi) is 4.29. The number of aromatic nitrogens is 2. The number of para-hydroxylation sites is 2. The molecule has 2 aromatic heterocycles. The minimum Gasteiger partial charge on any atom is -0.406 e. The predicted molar refractivity (Wildman–Crippen MR) is 94.1 cm³/mol. The van der Waals surface area contributed by atoms with Crippen molar-refractivity contribution in [2.24, 2.45) is 0 Å². The molecule has 0 amide bonds. The number of nitrogens with zero attached hydrogens (tertiary/aromatic N) is 2. The second-order valence-corrected chi connectivity index (χ2v) is 6.12. The average molecular weight is 411 g/mol. The molecule has 0 aliphatic carbocycles. The molecule has 10 heteroatoms. The second-order valence-electron chi connectivity index (χ2n) is 6.12. The number of nitrogens with one attached hydrogen (secondary N) is 1. The zero-order valence-corrected chi connectivity index (χ0v) is 14.3. The smallest absolute Gasteiger partial charge is 0.406 e. The topological polar surface area (TPSA) is 38.6 Å². The summed E-state index contributed by atoms with van der Waals surface area (Å²) in [5, 5.41) is 2.81. The summed E-state index contributed by atoms with van der Waals surface area (Å²) in [5.74, 6) is -0.377. The van der Waals surface area contributed by atoms with Crippen LogP contribution < -0.4 is 10.1 Å². The van der Waals surface area contributed by atoms with Crippen LogP contribution in [0.25, 0.3) is 16.7 Å². The summed E-state index contributed by atoms with van der Waals surface area (Å²) < 4.78 is 82.1. The number of imidazole rings is 1. The fourth-order valence-electron chi connectivity index (χ4n) is 2.93. The van der Waals surface area contributed by atoms with Crippen molar-refractivity contribution in [3.8, 4) is 5.75 Å². The maximum absolute atomic E-state index is 13.3. The van der Waals surface area contributed by atoms with E-state index in [9.17, 15) is 26.3 Å². The first-order valence-corrected chi connectivity index (χ1v) is 8.21. The van der Waals surface area contributed by atoms with Gasteiger partial charge in [-0.2, -0.15) is 13.2 Å². The summed E-state index contributed by atoms with van der Waals surface area (Å²) >= 11 is 0. The maximum Gasteiger partial charge on any atom is 0.573 e. The number of anilines is 2. The van der Waals surface area contributed by atoms with Crippen molar-refractivity contribution in [1.29, 1.82) is 0 Å². The van der Waals surface area contributed by atoms with Gasteiger partial charge in [-0.05, 0) is 48.5 Å². The molecule has 0 aliphatic heterocycles. The number of fused-ring (bicyclic) bond motifs is 3. The Hall–Kier alpha value is -3.43. The standard InChI is InChI=1S/C19H11F6N3O/c20-18(21,22)11-9-16(26-12-5-7-13(8-6-12)29-19(23,24)25)28-15-4-2-1-3-14(15)27-17(28)10-11/h1-10,26H. The van der Waals surface area contributed by atoms with Gasteiger partial charge in [0.2, 0.25) is 0 Å². The first-order chi connectivity index (χ1) is 13.6. The third kappa shape index (κ3) is 3.91. The van der Waals surface area contributed by atoms with Gasteiger partial charge >= 0.3 is 12.5 Å². The molecular weight excluding hydrogens is 400 g/mol. The molecule has 1 N–H and O–H groups in total. The van der Waals surface area contributed by atoms with Gasteiger partial charge in [0.15, 0.2) is 0 Å². The SMILES string of the molecule is FC(F)(F)Oc1ccc(Nc2cc(C(F)(F)F)cc3nc4ccccc4n23)cc1. The van der Waals surface area contributed by atoms with Crippen molar-refractivity contribution in [2.75, 3.05) is 5.32 Å². The lowest BCUT2D eigenvalue weighted by Crippen LogP contribution is -2.17. The minimum atomic E-state index is -4.84. The van der Waals surface area contributed by atoms with Crippen LogP contribution in [0, 0.1) is 0 Å². The quantitative estimate of drug-likeness (QED) is 0.411. The van der Waals surface area contributed by atoms with Crippen molar-refractivity contribution in [2.45, 2.75) is 12.5 Å². The van der Waals surface area contributed by atoms with Gasteiger partial charge in [0, 0.05) is 5.69 Å². The lowest BCUT2D eigenvalue weighted by Gasteiger charge is -2.14. The van der Waals surface area contributed by atoms with E-state index in [-0.39, 0.29) is 17.2 Å². The summed E-state index contributed by atoms with van der Waals surface area (Å²) in [4.78, 5) is 4.22. The third-order valence-corrected chi connectivity index (χ3v) is 4.09. The van der Waals surface area contributed by atoms with Crippen LogP contribution in [0.2, 0.25) is 0 Å². The highest BCUT2D eigenvalue weighted by molar-refractivity contribution is 5.83. The summed E-state index contributed by atoms with van der Waals surface area (Å²) in [6, 6.07) is 13.3. The molecule has 0 fully saturated rings. The van der Waals surface area contributed by atoms with Crippen molar-refractivity contribution < 1.29 is 31.1 Å². The maximum atomic E-state index is 13.3. The van der Waals surface area contributed by atoms with E-state index in [1.54, 1.807) is 24.3 Å². The number of halogens is 6. The van der Waals surface area contributed by atoms with E-state index >= 15 is 0 Å². The molecule has 4 nitrogen and oxygen atoms in total. The lowest BCUT2D eigenvalue weighted by atomic mass is 10.2. The van der Waals surface area contributed by atoms with E-state index in [1.165, 1.54) is 16.5 Å². The molecule has 0 atom stereocenters. The average Bonchev–Trinajstić information content (AvgIpc) is 3.00. The molecule has 29 heavy (non-hydrogen) atoms. The molecule has 0 saturated carbocycles. The van der Waals surface area contributed by atoms with Crippen molar-refractivity contribution in [3.05, 3.63) is 66.2 Å². The van der Waals surface area contributed by atoms with Crippen LogP contribution in [-0.2, 0) is 6.18 Å². The van der Waals surface area contributed by atoms with Crippen LogP contribution in [-0.4, -0.2) is 15.7 Å². The largest absolute Gasteiger partial charge is 0.573 e. The highest BCUT2D eigenvalue weighted by atomic mass is 19.4. The van der Waals surface area contributed by atoms with E-state index < -0.39 is 23.9 Å². The Morgan fingerprint density at radius 1 is 0.862 bits per heavy atom. The number of alkyl halides is 6. The van der Waals surface area contributed by atoms with Gasteiger partial charge in [-0.25, -0.2) is 4.98 Å². The Morgan fingerprint density at radius 2 is 1.55 bits per heavy atom. The molecule has 150 valence electrons. The number of rotatable bonds is 3. The fourth-order valence-corrected chi connectivity index (χ4v) is 2.93. The fraction of sp³-hybridized carbons (Fsp3) is 0.105. The molecular formula is C19H11F6N3O. The predicted octanol–water partition coefficient (Wildman–Crippen LogP) is 6.15. The Bertz CT molecular complexity index is 1180. The summed E-state index contributed by atoms with van der Waals surface area (Å²) in [6.07, 6.45) is -9.43. The number of ether oxygens (including phenoxy) is 1. The highest BCUT2D eigenvalue weighted by Gasteiger charge is 2.32. The molecule has 0 bridgehead atoms. The second kappa shape index (κ2) is 6.57. The summed E-state index contributed by atoms with van der Waals surface area (Å²) in [5.41, 5.74) is 0.540. The van der Waals surface area contributed by atoms with Crippen molar-refractivity contribution in [1.82, 2.24) is 9.38 Å². The van der Waals surface area contributed by atoms with E-state index in [1.807, 2.05) is 0 Å². The Labute approximate surface area is 159 Å². The van der Waals surface area contributed by atoms with Crippen LogP contribution >= 0.6 is 0 Å². The highest BCUT2D eigenvalue weighted by Crippen LogP contribution is 2.34. The van der Waals surface area contributed by atoms with Crippen molar-refractivity contribution >= 4 is 28.2 Å². The zero-order chi connectivity index (χ0) is 20.8. The van der Waals surface area contributed by atoms with Crippen LogP contribution in [0.5, 0.6) is 5.75 Å². The normalized spacial score (nSPS) is 12.5. The Balaban J connectivity index is 1.79. The molecule has 2 aromatic carbocycles. The van der Waals surface area contributed by atoms with E-state index in [2.05, 4.69) is 15.0 Å². The van der Waals surface area contributed by atoms with Gasteiger partial charge in [0.1, 0.15) is 17.2 Å². The minimum absolute atomic E-state index is 0.0630. The molecule has 0 radical (unpaired) electrons. The van der Waals surface area contributed by atoms with Crippen molar-refractivity contribution in [3.63, 3.8) is 0 Å². The third-order valence-electron chi connectivity index (χ3n) is 4.09. The number of hydrogen-bond acceptors (Lipinski definition) is 3. The molecule has 0 unspecified atom stereocenters. The van der Waals surface area contributed by atoms with E-state index in [0.29, 0.717) is 11.0 Å². The number of hydrogen-bond donors (Lipinski definition) is 1. The zero-order valence-electron chi connectivity index (χ0n) is 14.3. The molecule has 0 aliphatic rings. The van der Waals surface area contributed by atoms with E-state index in [4.69, 9.17) is 0 Å². The lowest BCUT2D eigenvalue weighted by molar-refractivity contribution is -0.274. The monoisotopic (exact) mass is 411 g/mol. The first-order valence-electron chi connectivity index (χ1n) is 8.21. The molecule has 0 saturated heterocycles. The van der Waals surface area contributed by atoms with E-state index in [0.717, 1.165) is 24.3 Å². The van der Waals surface area contributed by atoms with Gasteiger partial charge in [-0.15, -0.1) is 13.2 Å². The summed E-state index contributed by atoms with van der Waals surface area (Å²) in [7, 11) is 0. The van der Waals surface area contributed by atoms with Crippen LogP contribution in [0.15, 0.2) is 60.7 Å². The molecule has 0 spiro atoms. The van der Waals surface area contributed by atoms with Gasteiger partial charge in [-0.1, -0.05) is 12.1 Å². The van der Waals surface area contributed by atoms with Crippen LogP contribution in [0.3, 0.4) is 0 Å².